The van der Waals surface area contributed by atoms with E-state index in [9.17, 15) is 13.2 Å². The zero-order chi connectivity index (χ0) is 8.48. The summed E-state index contributed by atoms with van der Waals surface area (Å²) in [6.45, 7) is 2.20. The minimum absolute atomic E-state index is 0. The Labute approximate surface area is 75.4 Å². The fourth-order valence-corrected chi connectivity index (χ4v) is 1.09. The molecule has 0 saturated carbocycles. The summed E-state index contributed by atoms with van der Waals surface area (Å²) in [5.41, 5.74) is 0.0694. The first kappa shape index (κ1) is 11.8. The third-order valence-corrected chi connectivity index (χ3v) is 1.90. The second-order valence-corrected chi connectivity index (χ2v) is 2.65. The lowest BCUT2D eigenvalue weighted by Gasteiger charge is -2.09. The predicted molar refractivity (Wildman–Crippen MR) is 43.5 cm³/mol. The van der Waals surface area contributed by atoms with Crippen molar-refractivity contribution in [1.29, 1.82) is 0 Å². The first-order valence-electron chi connectivity index (χ1n) is 3.48. The molecule has 12 heavy (non-hydrogen) atoms. The van der Waals surface area contributed by atoms with E-state index < -0.39 is 11.7 Å². The zero-order valence-electron chi connectivity index (χ0n) is 6.66. The molecule has 1 heterocycles. The number of rotatable bonds is 0. The summed E-state index contributed by atoms with van der Waals surface area (Å²) in [6, 6.07) is 0. The van der Waals surface area contributed by atoms with E-state index in [0.29, 0.717) is 25.1 Å². The Morgan fingerprint density at radius 2 is 2.00 bits per heavy atom. The molecule has 0 amide bonds. The first-order valence-corrected chi connectivity index (χ1v) is 3.48. The van der Waals surface area contributed by atoms with E-state index in [2.05, 4.69) is 5.32 Å². The number of hydrogen-bond acceptors (Lipinski definition) is 1. The molecule has 0 spiro atoms. The molecular weight excluding hydrogens is 191 g/mol. The van der Waals surface area contributed by atoms with Gasteiger partial charge in [0.2, 0.25) is 0 Å². The Balaban J connectivity index is 0.00000121. The van der Waals surface area contributed by atoms with Crippen LogP contribution in [-0.2, 0) is 0 Å². The molecule has 1 saturated heterocycles. The van der Waals surface area contributed by atoms with Crippen molar-refractivity contribution in [1.82, 2.24) is 5.32 Å². The van der Waals surface area contributed by atoms with Gasteiger partial charge >= 0.3 is 6.18 Å². The van der Waals surface area contributed by atoms with Crippen molar-refractivity contribution in [3.8, 4) is 0 Å². The van der Waals surface area contributed by atoms with E-state index in [0.717, 1.165) is 6.92 Å². The molecule has 0 radical (unpaired) electrons. The van der Waals surface area contributed by atoms with Crippen molar-refractivity contribution in [2.24, 2.45) is 0 Å². The minimum atomic E-state index is -4.14. The fourth-order valence-electron chi connectivity index (χ4n) is 1.09. The summed E-state index contributed by atoms with van der Waals surface area (Å²) in [4.78, 5) is 0. The van der Waals surface area contributed by atoms with E-state index in [1.807, 2.05) is 0 Å². The van der Waals surface area contributed by atoms with Crippen LogP contribution in [0.5, 0.6) is 0 Å². The number of nitrogens with one attached hydrogen (secondary N) is 1. The van der Waals surface area contributed by atoms with Crippen molar-refractivity contribution in [2.75, 3.05) is 13.1 Å². The van der Waals surface area contributed by atoms with Gasteiger partial charge in [-0.25, -0.2) is 0 Å². The Hall–Kier alpha value is -0.220. The number of hydrogen-bond donors (Lipinski definition) is 1. The summed E-state index contributed by atoms with van der Waals surface area (Å²) in [7, 11) is 0. The van der Waals surface area contributed by atoms with Crippen LogP contribution in [0, 0.1) is 0 Å². The number of allylic oxidation sites excluding steroid dienone is 1. The molecule has 72 valence electrons. The minimum Gasteiger partial charge on any atom is -0.313 e. The lowest BCUT2D eigenvalue weighted by molar-refractivity contribution is -0.0922. The third kappa shape index (κ3) is 2.68. The molecule has 5 heteroatoms. The van der Waals surface area contributed by atoms with Crippen LogP contribution in [0.15, 0.2) is 11.1 Å². The standard InChI is InChI=1S/C7H10F3N.ClH/c1-5(7(8,9)10)6-2-3-11-4-6;/h11H,2-4H2,1H3;1H/b6-5-;. The Kier molecular flexibility index (Phi) is 4.06. The number of alkyl halides is 3. The molecule has 1 nitrogen and oxygen atoms in total. The number of halogens is 4. The van der Waals surface area contributed by atoms with E-state index in [1.54, 1.807) is 0 Å². The second kappa shape index (κ2) is 4.14. The highest BCUT2D eigenvalue weighted by molar-refractivity contribution is 5.85. The van der Waals surface area contributed by atoms with Crippen LogP contribution < -0.4 is 5.32 Å². The lowest BCUT2D eigenvalue weighted by atomic mass is 10.1. The fraction of sp³-hybridized carbons (Fsp3) is 0.714. The van der Waals surface area contributed by atoms with Crippen molar-refractivity contribution in [3.63, 3.8) is 0 Å². The monoisotopic (exact) mass is 201 g/mol. The van der Waals surface area contributed by atoms with Gasteiger partial charge in [0.15, 0.2) is 0 Å². The van der Waals surface area contributed by atoms with E-state index >= 15 is 0 Å². The molecule has 0 atom stereocenters. The van der Waals surface area contributed by atoms with Crippen molar-refractivity contribution in [3.05, 3.63) is 11.1 Å². The maximum Gasteiger partial charge on any atom is 0.412 e. The van der Waals surface area contributed by atoms with Gasteiger partial charge in [-0.15, -0.1) is 12.4 Å². The second-order valence-electron chi connectivity index (χ2n) is 2.65. The Bertz CT molecular complexity index is 178. The van der Waals surface area contributed by atoms with Crippen LogP contribution >= 0.6 is 12.4 Å². The van der Waals surface area contributed by atoms with Crippen LogP contribution in [0.1, 0.15) is 13.3 Å². The van der Waals surface area contributed by atoms with E-state index in [1.165, 1.54) is 0 Å². The largest absolute Gasteiger partial charge is 0.412 e. The first-order chi connectivity index (χ1) is 5.02. The van der Waals surface area contributed by atoms with Crippen LogP contribution in [0.2, 0.25) is 0 Å². The van der Waals surface area contributed by atoms with Crippen molar-refractivity contribution >= 4 is 12.4 Å². The normalized spacial score (nSPS) is 22.0. The molecule has 0 aromatic rings. The van der Waals surface area contributed by atoms with Gasteiger partial charge in [0.25, 0.3) is 0 Å². The molecular formula is C7H11ClF3N. The third-order valence-electron chi connectivity index (χ3n) is 1.90. The average molecular weight is 202 g/mol. The summed E-state index contributed by atoms with van der Waals surface area (Å²) >= 11 is 0. The van der Waals surface area contributed by atoms with Crippen LogP contribution in [0.4, 0.5) is 13.2 Å². The van der Waals surface area contributed by atoms with E-state index in [4.69, 9.17) is 0 Å². The summed E-state index contributed by atoms with van der Waals surface area (Å²) in [6.07, 6.45) is -3.60. The van der Waals surface area contributed by atoms with Gasteiger partial charge < -0.3 is 5.32 Å². The molecule has 0 unspecified atom stereocenters. The Morgan fingerprint density at radius 3 is 2.33 bits per heavy atom. The quantitative estimate of drug-likeness (QED) is 0.593. The maximum atomic E-state index is 12.0. The highest BCUT2D eigenvalue weighted by Crippen LogP contribution is 2.29. The van der Waals surface area contributed by atoms with Gasteiger partial charge in [-0.1, -0.05) is 0 Å². The molecule has 0 aromatic heterocycles. The summed E-state index contributed by atoms with van der Waals surface area (Å²) in [5, 5.41) is 2.87. The molecule has 1 aliphatic rings. The topological polar surface area (TPSA) is 12.0 Å². The zero-order valence-corrected chi connectivity index (χ0v) is 7.48. The Morgan fingerprint density at radius 1 is 1.42 bits per heavy atom. The van der Waals surface area contributed by atoms with Gasteiger partial charge in [-0.2, -0.15) is 13.2 Å². The van der Waals surface area contributed by atoms with Gasteiger partial charge in [0.05, 0.1) is 0 Å². The van der Waals surface area contributed by atoms with Crippen molar-refractivity contribution < 1.29 is 13.2 Å². The molecule has 1 rings (SSSR count). The van der Waals surface area contributed by atoms with Crippen LogP contribution in [0.3, 0.4) is 0 Å². The van der Waals surface area contributed by atoms with Gasteiger partial charge in [0.1, 0.15) is 0 Å². The van der Waals surface area contributed by atoms with E-state index in [-0.39, 0.29) is 12.4 Å². The summed E-state index contributed by atoms with van der Waals surface area (Å²) in [5.74, 6) is 0. The SMILES string of the molecule is C/C(=C1\CCNC1)C(F)(F)F.Cl. The van der Waals surface area contributed by atoms with Crippen molar-refractivity contribution in [2.45, 2.75) is 19.5 Å². The van der Waals surface area contributed by atoms with Gasteiger partial charge in [-0.05, 0) is 25.5 Å². The van der Waals surface area contributed by atoms with Gasteiger partial charge in [0, 0.05) is 12.1 Å². The summed E-state index contributed by atoms with van der Waals surface area (Å²) < 4.78 is 36.0. The van der Waals surface area contributed by atoms with Gasteiger partial charge in [-0.3, -0.25) is 0 Å². The van der Waals surface area contributed by atoms with Crippen LogP contribution in [-0.4, -0.2) is 19.3 Å². The highest BCUT2D eigenvalue weighted by Gasteiger charge is 2.32. The molecule has 1 aliphatic heterocycles. The molecule has 0 aliphatic carbocycles. The highest BCUT2D eigenvalue weighted by atomic mass is 35.5. The smallest absolute Gasteiger partial charge is 0.313 e. The molecule has 1 fully saturated rings. The predicted octanol–water partition coefficient (Wildman–Crippen LogP) is 2.28. The molecule has 1 N–H and O–H groups in total. The van der Waals surface area contributed by atoms with Crippen LogP contribution in [0.25, 0.3) is 0 Å². The molecule has 0 bridgehead atoms. The lowest BCUT2D eigenvalue weighted by Crippen LogP contribution is -2.13. The molecule has 0 aromatic carbocycles. The maximum absolute atomic E-state index is 12.0. The average Bonchev–Trinajstić information content (AvgIpc) is 2.34.